The molecule has 0 fully saturated rings. The Morgan fingerprint density at radius 3 is 3.09 bits per heavy atom. The van der Waals surface area contributed by atoms with Crippen LogP contribution in [0.4, 0.5) is 4.79 Å². The number of hydrogen-bond donors (Lipinski definition) is 2. The first-order valence-corrected chi connectivity index (χ1v) is 4.45. The molecule has 0 radical (unpaired) electrons. The lowest BCUT2D eigenvalue weighted by Crippen LogP contribution is -2.28. The molecule has 2 N–H and O–H groups in total. The molecule has 1 heterocycles. The van der Waals surface area contributed by atoms with Gasteiger partial charge in [0.2, 0.25) is 0 Å². The molecule has 11 heavy (non-hydrogen) atoms. The number of allylic oxidation sites excluding steroid dienone is 1. The first-order valence-electron chi connectivity index (χ1n) is 2.95. The maximum Gasteiger partial charge on any atom is 0.319 e. The van der Waals surface area contributed by atoms with Gasteiger partial charge in [-0.05, 0) is 11.5 Å². The van der Waals surface area contributed by atoms with Crippen LogP contribution in [0.25, 0.3) is 0 Å². The zero-order valence-electron chi connectivity index (χ0n) is 5.73. The molecule has 0 saturated heterocycles. The van der Waals surface area contributed by atoms with Crippen molar-refractivity contribution >= 4 is 30.4 Å². The van der Waals surface area contributed by atoms with E-state index < -0.39 is 6.03 Å². The SMILES string of the molecule is NC(=O)N1C=C(C=CS)SC1. The molecule has 2 amide bonds. The number of amides is 2. The number of carbonyl (C=O) groups excluding carboxylic acids is 1. The summed E-state index contributed by atoms with van der Waals surface area (Å²) in [4.78, 5) is 13.0. The lowest BCUT2D eigenvalue weighted by atomic mass is 10.5. The Morgan fingerprint density at radius 1 is 1.91 bits per heavy atom. The van der Waals surface area contributed by atoms with Crippen molar-refractivity contribution in [3.05, 3.63) is 22.6 Å². The lowest BCUT2D eigenvalue weighted by Gasteiger charge is -2.05. The second kappa shape index (κ2) is 3.73. The maximum atomic E-state index is 10.6. The molecule has 0 spiro atoms. The molecule has 0 atom stereocenters. The van der Waals surface area contributed by atoms with Gasteiger partial charge in [0.05, 0.1) is 5.88 Å². The summed E-state index contributed by atoms with van der Waals surface area (Å²) in [6, 6.07) is -0.417. The van der Waals surface area contributed by atoms with Gasteiger partial charge in [-0.3, -0.25) is 4.90 Å². The first-order chi connectivity index (χ1) is 5.24. The van der Waals surface area contributed by atoms with Crippen molar-refractivity contribution in [3.8, 4) is 0 Å². The third-order valence-electron chi connectivity index (χ3n) is 1.18. The summed E-state index contributed by atoms with van der Waals surface area (Å²) in [5.41, 5.74) is 5.04. The third-order valence-corrected chi connectivity index (χ3v) is 2.31. The van der Waals surface area contributed by atoms with Crippen LogP contribution in [0.2, 0.25) is 0 Å². The fourth-order valence-corrected chi connectivity index (χ4v) is 1.78. The standard InChI is InChI=1S/C6H8N2OS2/c7-6(9)8-3-5(1-2-10)11-4-8/h1-3,10H,4H2,(H2,7,9). The van der Waals surface area contributed by atoms with Crippen LogP contribution in [0, 0.1) is 0 Å². The van der Waals surface area contributed by atoms with Gasteiger partial charge >= 0.3 is 6.03 Å². The predicted molar refractivity (Wildman–Crippen MR) is 50.1 cm³/mol. The number of urea groups is 1. The molecule has 0 aliphatic carbocycles. The summed E-state index contributed by atoms with van der Waals surface area (Å²) in [7, 11) is 0. The van der Waals surface area contributed by atoms with Crippen molar-refractivity contribution in [2.24, 2.45) is 5.73 Å². The molecular weight excluding hydrogens is 180 g/mol. The van der Waals surface area contributed by atoms with Gasteiger partial charge < -0.3 is 5.73 Å². The summed E-state index contributed by atoms with van der Waals surface area (Å²) in [6.45, 7) is 0. The number of thiol groups is 1. The minimum atomic E-state index is -0.417. The highest BCUT2D eigenvalue weighted by molar-refractivity contribution is 8.03. The number of rotatable bonds is 1. The Kier molecular flexibility index (Phi) is 2.90. The molecule has 1 aliphatic heterocycles. The van der Waals surface area contributed by atoms with Gasteiger partial charge in [-0.15, -0.1) is 11.8 Å². The molecule has 0 aromatic heterocycles. The molecule has 0 bridgehead atoms. The van der Waals surface area contributed by atoms with Gasteiger partial charge in [0.25, 0.3) is 0 Å². The van der Waals surface area contributed by atoms with Gasteiger partial charge in [0, 0.05) is 11.1 Å². The van der Waals surface area contributed by atoms with Crippen LogP contribution in [0.1, 0.15) is 0 Å². The fraction of sp³-hybridized carbons (Fsp3) is 0.167. The summed E-state index contributed by atoms with van der Waals surface area (Å²) >= 11 is 5.46. The minimum absolute atomic E-state index is 0.417. The number of nitrogens with zero attached hydrogens (tertiary/aromatic N) is 1. The number of primary amides is 1. The average molecular weight is 188 g/mol. The van der Waals surface area contributed by atoms with Crippen molar-refractivity contribution in [2.45, 2.75) is 0 Å². The normalized spacial score (nSPS) is 17.5. The Balaban J connectivity index is 2.61. The first kappa shape index (κ1) is 8.55. The number of thioether (sulfide) groups is 1. The van der Waals surface area contributed by atoms with E-state index in [9.17, 15) is 4.79 Å². The van der Waals surface area contributed by atoms with Gasteiger partial charge in [0.1, 0.15) is 0 Å². The van der Waals surface area contributed by atoms with E-state index in [0.29, 0.717) is 5.88 Å². The quantitative estimate of drug-likeness (QED) is 0.610. The van der Waals surface area contributed by atoms with Crippen molar-refractivity contribution < 1.29 is 4.79 Å². The highest BCUT2D eigenvalue weighted by Gasteiger charge is 2.14. The molecule has 0 aromatic rings. The summed E-state index contributed by atoms with van der Waals surface area (Å²) in [5.74, 6) is 0.600. The molecule has 1 aliphatic rings. The second-order valence-corrected chi connectivity index (χ2v) is 3.25. The van der Waals surface area contributed by atoms with E-state index in [4.69, 9.17) is 5.73 Å². The van der Waals surface area contributed by atoms with Crippen LogP contribution >= 0.6 is 24.4 Å². The Bertz CT molecular complexity index is 225. The number of carbonyl (C=O) groups is 1. The maximum absolute atomic E-state index is 10.6. The van der Waals surface area contributed by atoms with Gasteiger partial charge in [-0.2, -0.15) is 12.6 Å². The Labute approximate surface area is 74.7 Å². The van der Waals surface area contributed by atoms with E-state index in [1.807, 2.05) is 6.08 Å². The van der Waals surface area contributed by atoms with Crippen LogP contribution in [0.5, 0.6) is 0 Å². The fourth-order valence-electron chi connectivity index (χ4n) is 0.664. The van der Waals surface area contributed by atoms with E-state index in [1.165, 1.54) is 4.90 Å². The summed E-state index contributed by atoms with van der Waals surface area (Å²) < 4.78 is 0. The molecule has 0 aromatic carbocycles. The molecule has 3 nitrogen and oxygen atoms in total. The van der Waals surface area contributed by atoms with Gasteiger partial charge in [-0.25, -0.2) is 4.79 Å². The van der Waals surface area contributed by atoms with E-state index in [1.54, 1.807) is 23.4 Å². The number of hydrogen-bond acceptors (Lipinski definition) is 3. The van der Waals surface area contributed by atoms with E-state index in [-0.39, 0.29) is 0 Å². The van der Waals surface area contributed by atoms with E-state index in [2.05, 4.69) is 12.6 Å². The molecule has 60 valence electrons. The molecular formula is C6H8N2OS2. The van der Waals surface area contributed by atoms with Crippen molar-refractivity contribution in [2.75, 3.05) is 5.88 Å². The molecule has 1 rings (SSSR count). The topological polar surface area (TPSA) is 46.3 Å². The second-order valence-electron chi connectivity index (χ2n) is 1.93. The highest BCUT2D eigenvalue weighted by Crippen LogP contribution is 2.25. The molecule has 0 unspecified atom stereocenters. The van der Waals surface area contributed by atoms with Crippen LogP contribution < -0.4 is 5.73 Å². The number of nitrogens with two attached hydrogens (primary N) is 1. The zero-order chi connectivity index (χ0) is 8.27. The minimum Gasteiger partial charge on any atom is -0.351 e. The van der Waals surface area contributed by atoms with Crippen molar-refractivity contribution in [3.63, 3.8) is 0 Å². The zero-order valence-corrected chi connectivity index (χ0v) is 7.44. The summed E-state index contributed by atoms with van der Waals surface area (Å²) in [5, 5.41) is 1.63. The van der Waals surface area contributed by atoms with Crippen LogP contribution in [-0.2, 0) is 0 Å². The molecule has 5 heteroatoms. The monoisotopic (exact) mass is 188 g/mol. The Hall–Kier alpha value is -0.550. The Morgan fingerprint density at radius 2 is 2.64 bits per heavy atom. The predicted octanol–water partition coefficient (Wildman–Crippen LogP) is 1.36. The van der Waals surface area contributed by atoms with E-state index >= 15 is 0 Å². The molecule has 0 saturated carbocycles. The third kappa shape index (κ3) is 2.20. The smallest absolute Gasteiger partial charge is 0.319 e. The van der Waals surface area contributed by atoms with Crippen LogP contribution in [0.3, 0.4) is 0 Å². The van der Waals surface area contributed by atoms with Crippen molar-refractivity contribution in [1.82, 2.24) is 4.90 Å². The van der Waals surface area contributed by atoms with Crippen molar-refractivity contribution in [1.29, 1.82) is 0 Å². The van der Waals surface area contributed by atoms with E-state index in [0.717, 1.165) is 4.91 Å². The van der Waals surface area contributed by atoms with Crippen LogP contribution in [0.15, 0.2) is 22.6 Å². The average Bonchev–Trinajstić information content (AvgIpc) is 2.37. The van der Waals surface area contributed by atoms with Gasteiger partial charge in [-0.1, -0.05) is 0 Å². The van der Waals surface area contributed by atoms with Gasteiger partial charge in [0.15, 0.2) is 0 Å². The largest absolute Gasteiger partial charge is 0.351 e. The highest BCUT2D eigenvalue weighted by atomic mass is 32.2. The van der Waals surface area contributed by atoms with Crippen LogP contribution in [-0.4, -0.2) is 16.8 Å². The lowest BCUT2D eigenvalue weighted by molar-refractivity contribution is 0.230. The summed E-state index contributed by atoms with van der Waals surface area (Å²) in [6.07, 6.45) is 3.52.